The van der Waals surface area contributed by atoms with Crippen LogP contribution in [0.15, 0.2) is 60.7 Å². The molecule has 2 aromatic carbocycles. The molecule has 5 nitrogen and oxygen atoms in total. The van der Waals surface area contributed by atoms with E-state index in [1.54, 1.807) is 0 Å². The largest absolute Gasteiger partial charge is 0.355 e. The highest BCUT2D eigenvalue weighted by molar-refractivity contribution is 5.82. The minimum absolute atomic E-state index is 0.00212. The lowest BCUT2D eigenvalue weighted by atomic mass is 10.0. The molecule has 5 heteroatoms. The molecular weight excluding hydrogens is 384 g/mol. The van der Waals surface area contributed by atoms with Crippen LogP contribution in [0.4, 0.5) is 0 Å². The standard InChI is InChI=1S/C26H28N4O/c1-17(21-11-7-5-8-12-21)16-27-24(31)15-23-18(2)28-26-25(22-13-9-6-10-14-22)19(3)29-30(26)20(23)4/h5-14,17H,15-16H2,1-4H3,(H,27,31). The number of hydrogen-bond acceptors (Lipinski definition) is 3. The van der Waals surface area contributed by atoms with Crippen molar-refractivity contribution >= 4 is 11.6 Å². The van der Waals surface area contributed by atoms with Gasteiger partial charge in [-0.1, -0.05) is 67.6 Å². The van der Waals surface area contributed by atoms with Crippen molar-refractivity contribution < 1.29 is 4.79 Å². The zero-order valence-corrected chi connectivity index (χ0v) is 18.5. The second-order valence-electron chi connectivity index (χ2n) is 8.12. The molecule has 0 fully saturated rings. The molecule has 31 heavy (non-hydrogen) atoms. The lowest BCUT2D eigenvalue weighted by molar-refractivity contribution is -0.120. The first-order valence-corrected chi connectivity index (χ1v) is 10.7. The average Bonchev–Trinajstić information content (AvgIpc) is 3.12. The fraction of sp³-hybridized carbons (Fsp3) is 0.269. The van der Waals surface area contributed by atoms with Crippen molar-refractivity contribution in [2.24, 2.45) is 0 Å². The average molecular weight is 413 g/mol. The third-order valence-corrected chi connectivity index (χ3v) is 5.87. The highest BCUT2D eigenvalue weighted by Gasteiger charge is 2.19. The zero-order valence-electron chi connectivity index (χ0n) is 18.5. The number of nitrogens with zero attached hydrogens (tertiary/aromatic N) is 3. The summed E-state index contributed by atoms with van der Waals surface area (Å²) in [4.78, 5) is 17.6. The Bertz CT molecular complexity index is 1210. The number of aryl methyl sites for hydroxylation is 3. The first-order valence-electron chi connectivity index (χ1n) is 10.7. The molecular formula is C26H28N4O. The molecule has 158 valence electrons. The number of amides is 1. The highest BCUT2D eigenvalue weighted by atomic mass is 16.1. The van der Waals surface area contributed by atoms with E-state index in [1.807, 2.05) is 61.7 Å². The van der Waals surface area contributed by atoms with Gasteiger partial charge in [0.25, 0.3) is 0 Å². The normalized spacial score (nSPS) is 12.1. The van der Waals surface area contributed by atoms with Crippen molar-refractivity contribution in [3.8, 4) is 11.1 Å². The van der Waals surface area contributed by atoms with Crippen molar-refractivity contribution in [2.75, 3.05) is 6.54 Å². The predicted octanol–water partition coefficient (Wildman–Crippen LogP) is 4.78. The zero-order chi connectivity index (χ0) is 22.0. The van der Waals surface area contributed by atoms with E-state index in [-0.39, 0.29) is 11.8 Å². The van der Waals surface area contributed by atoms with E-state index in [4.69, 9.17) is 10.1 Å². The Kier molecular flexibility index (Phi) is 5.85. The summed E-state index contributed by atoms with van der Waals surface area (Å²) < 4.78 is 1.87. The van der Waals surface area contributed by atoms with Crippen LogP contribution in [0.3, 0.4) is 0 Å². The molecule has 0 saturated carbocycles. The number of rotatable bonds is 6. The number of benzene rings is 2. The summed E-state index contributed by atoms with van der Waals surface area (Å²) in [6, 6.07) is 20.4. The van der Waals surface area contributed by atoms with Crippen LogP contribution in [0, 0.1) is 20.8 Å². The Morgan fingerprint density at radius 3 is 2.29 bits per heavy atom. The second kappa shape index (κ2) is 8.72. The molecule has 0 spiro atoms. The van der Waals surface area contributed by atoms with Gasteiger partial charge in [-0.05, 0) is 37.8 Å². The van der Waals surface area contributed by atoms with Gasteiger partial charge in [-0.25, -0.2) is 9.50 Å². The van der Waals surface area contributed by atoms with Crippen LogP contribution in [-0.4, -0.2) is 27.0 Å². The third-order valence-electron chi connectivity index (χ3n) is 5.87. The van der Waals surface area contributed by atoms with Crippen LogP contribution in [0.25, 0.3) is 16.8 Å². The predicted molar refractivity (Wildman–Crippen MR) is 124 cm³/mol. The van der Waals surface area contributed by atoms with Crippen molar-refractivity contribution in [1.82, 2.24) is 19.9 Å². The SMILES string of the molecule is Cc1nc2c(-c3ccccc3)c(C)nn2c(C)c1CC(=O)NCC(C)c1ccccc1. The first kappa shape index (κ1) is 20.8. The quantitative estimate of drug-likeness (QED) is 0.496. The summed E-state index contributed by atoms with van der Waals surface area (Å²) in [5.74, 6) is 0.262. The van der Waals surface area contributed by atoms with Gasteiger partial charge in [-0.2, -0.15) is 5.10 Å². The molecule has 0 saturated heterocycles. The Balaban J connectivity index is 1.56. The monoisotopic (exact) mass is 412 g/mol. The van der Waals surface area contributed by atoms with Gasteiger partial charge in [-0.15, -0.1) is 0 Å². The van der Waals surface area contributed by atoms with Gasteiger partial charge in [0.1, 0.15) is 0 Å². The fourth-order valence-corrected chi connectivity index (χ4v) is 4.06. The molecule has 1 N–H and O–H groups in total. The van der Waals surface area contributed by atoms with Crippen molar-refractivity contribution in [1.29, 1.82) is 0 Å². The van der Waals surface area contributed by atoms with E-state index in [1.165, 1.54) is 5.56 Å². The summed E-state index contributed by atoms with van der Waals surface area (Å²) in [6.45, 7) is 8.72. The molecule has 0 aliphatic carbocycles. The number of fused-ring (bicyclic) bond motifs is 1. The Morgan fingerprint density at radius 1 is 0.968 bits per heavy atom. The number of nitrogens with one attached hydrogen (secondary N) is 1. The lowest BCUT2D eigenvalue weighted by Gasteiger charge is -2.15. The van der Waals surface area contributed by atoms with Crippen LogP contribution < -0.4 is 5.32 Å². The van der Waals surface area contributed by atoms with E-state index in [0.29, 0.717) is 13.0 Å². The van der Waals surface area contributed by atoms with Crippen LogP contribution in [0.1, 0.15) is 41.1 Å². The van der Waals surface area contributed by atoms with Crippen LogP contribution in [0.5, 0.6) is 0 Å². The molecule has 0 aliphatic heterocycles. The van der Waals surface area contributed by atoms with Crippen LogP contribution in [-0.2, 0) is 11.2 Å². The third kappa shape index (κ3) is 4.22. The van der Waals surface area contributed by atoms with Crippen molar-refractivity contribution in [2.45, 2.75) is 40.0 Å². The molecule has 4 rings (SSSR count). The smallest absolute Gasteiger partial charge is 0.224 e. The van der Waals surface area contributed by atoms with E-state index in [0.717, 1.165) is 39.4 Å². The number of hydrogen-bond donors (Lipinski definition) is 1. The van der Waals surface area contributed by atoms with Gasteiger partial charge >= 0.3 is 0 Å². The summed E-state index contributed by atoms with van der Waals surface area (Å²) in [7, 11) is 0. The molecule has 1 unspecified atom stereocenters. The summed E-state index contributed by atoms with van der Waals surface area (Å²) >= 11 is 0. The van der Waals surface area contributed by atoms with Gasteiger partial charge in [0, 0.05) is 29.1 Å². The van der Waals surface area contributed by atoms with Gasteiger partial charge < -0.3 is 5.32 Å². The number of carbonyl (C=O) groups is 1. The molecule has 0 bridgehead atoms. The Morgan fingerprint density at radius 2 is 1.61 bits per heavy atom. The Labute approximate surface area is 183 Å². The van der Waals surface area contributed by atoms with E-state index >= 15 is 0 Å². The van der Waals surface area contributed by atoms with Gasteiger partial charge in [0.2, 0.25) is 5.91 Å². The Hall–Kier alpha value is -3.47. The van der Waals surface area contributed by atoms with Crippen molar-refractivity contribution in [3.05, 3.63) is 88.9 Å². The molecule has 2 aromatic heterocycles. The molecule has 2 heterocycles. The fourth-order valence-electron chi connectivity index (χ4n) is 4.06. The van der Waals surface area contributed by atoms with E-state index in [2.05, 4.69) is 36.5 Å². The molecule has 1 amide bonds. The molecule has 1 atom stereocenters. The lowest BCUT2D eigenvalue weighted by Crippen LogP contribution is -2.29. The number of carbonyl (C=O) groups excluding carboxylic acids is 1. The summed E-state index contributed by atoms with van der Waals surface area (Å²) in [5.41, 5.74) is 7.88. The first-order chi connectivity index (χ1) is 15.0. The second-order valence-corrected chi connectivity index (χ2v) is 8.12. The maximum Gasteiger partial charge on any atom is 0.224 e. The van der Waals surface area contributed by atoms with Gasteiger partial charge in [0.15, 0.2) is 5.65 Å². The summed E-state index contributed by atoms with van der Waals surface area (Å²) in [5, 5.41) is 7.81. The minimum Gasteiger partial charge on any atom is -0.355 e. The van der Waals surface area contributed by atoms with E-state index in [9.17, 15) is 4.79 Å². The maximum absolute atomic E-state index is 12.7. The molecule has 0 radical (unpaired) electrons. The maximum atomic E-state index is 12.7. The van der Waals surface area contributed by atoms with Gasteiger partial charge in [-0.3, -0.25) is 4.79 Å². The van der Waals surface area contributed by atoms with Crippen molar-refractivity contribution in [3.63, 3.8) is 0 Å². The van der Waals surface area contributed by atoms with E-state index < -0.39 is 0 Å². The van der Waals surface area contributed by atoms with Crippen LogP contribution in [0.2, 0.25) is 0 Å². The van der Waals surface area contributed by atoms with Gasteiger partial charge in [0.05, 0.1) is 12.1 Å². The topological polar surface area (TPSA) is 59.3 Å². The molecule has 0 aliphatic rings. The minimum atomic E-state index is 0.00212. The van der Waals surface area contributed by atoms with Crippen LogP contribution >= 0.6 is 0 Å². The number of aromatic nitrogens is 3. The molecule has 4 aromatic rings. The highest BCUT2D eigenvalue weighted by Crippen LogP contribution is 2.29. The summed E-state index contributed by atoms with van der Waals surface area (Å²) in [6.07, 6.45) is 0.293.